The number of carbonyl (C=O) groups excluding carboxylic acids is 1. The molecule has 1 N–H and O–H groups in total. The Morgan fingerprint density at radius 1 is 0.897 bits per heavy atom. The van der Waals surface area contributed by atoms with Gasteiger partial charge in [0.2, 0.25) is 5.91 Å². The van der Waals surface area contributed by atoms with Crippen molar-refractivity contribution in [3.63, 3.8) is 0 Å². The van der Waals surface area contributed by atoms with Crippen LogP contribution in [-0.4, -0.2) is 24.9 Å². The zero-order chi connectivity index (χ0) is 19.9. The summed E-state index contributed by atoms with van der Waals surface area (Å²) in [6.45, 7) is 1.15. The van der Waals surface area contributed by atoms with Gasteiger partial charge in [0.15, 0.2) is 11.5 Å². The minimum Gasteiger partial charge on any atom is -0.448 e. The van der Waals surface area contributed by atoms with Crippen molar-refractivity contribution in [1.82, 2.24) is 0 Å². The number of fused-ring (bicyclic) bond motifs is 1. The van der Waals surface area contributed by atoms with E-state index >= 15 is 0 Å². The Bertz CT molecular complexity index is 915. The van der Waals surface area contributed by atoms with E-state index < -0.39 is 11.2 Å². The molecule has 5 nitrogen and oxygen atoms in total. The van der Waals surface area contributed by atoms with Crippen LogP contribution in [0.5, 0.6) is 11.5 Å². The Hall–Kier alpha value is -2.05. The maximum absolute atomic E-state index is 13.5. The number of amides is 1. The van der Waals surface area contributed by atoms with Crippen molar-refractivity contribution in [1.29, 1.82) is 0 Å². The normalized spacial score (nSPS) is 21.3. The largest absolute Gasteiger partial charge is 0.448 e. The average Bonchev–Trinajstić information content (AvgIpc) is 3.34. The lowest BCUT2D eigenvalue weighted by molar-refractivity contribution is -0.125. The van der Waals surface area contributed by atoms with Crippen LogP contribution < -0.4 is 14.8 Å². The van der Waals surface area contributed by atoms with E-state index in [1.807, 2.05) is 42.5 Å². The van der Waals surface area contributed by atoms with Crippen molar-refractivity contribution in [3.05, 3.63) is 52.5 Å². The highest BCUT2D eigenvalue weighted by molar-refractivity contribution is 9.10. The molecule has 1 spiro atoms. The Labute approximate surface area is 178 Å². The van der Waals surface area contributed by atoms with Gasteiger partial charge in [-0.2, -0.15) is 0 Å². The van der Waals surface area contributed by atoms with Crippen LogP contribution in [0.25, 0.3) is 0 Å². The fourth-order valence-electron chi connectivity index (χ4n) is 4.68. The molecule has 1 amide bonds. The molecule has 2 fully saturated rings. The number of benzene rings is 2. The molecule has 0 aromatic heterocycles. The van der Waals surface area contributed by atoms with Gasteiger partial charge < -0.3 is 19.5 Å². The number of nitrogens with one attached hydrogen (secondary N) is 1. The third-order valence-electron chi connectivity index (χ3n) is 6.34. The summed E-state index contributed by atoms with van der Waals surface area (Å²) in [5.74, 6) is 0.982. The monoisotopic (exact) mass is 457 g/mol. The second-order valence-electron chi connectivity index (χ2n) is 8.14. The Morgan fingerprint density at radius 2 is 1.59 bits per heavy atom. The van der Waals surface area contributed by atoms with Crippen LogP contribution in [0.3, 0.4) is 0 Å². The summed E-state index contributed by atoms with van der Waals surface area (Å²) in [7, 11) is 0. The molecule has 3 aliphatic rings. The van der Waals surface area contributed by atoms with Crippen molar-refractivity contribution >= 4 is 27.5 Å². The van der Waals surface area contributed by atoms with E-state index in [0.717, 1.165) is 52.9 Å². The third-order valence-corrected chi connectivity index (χ3v) is 6.87. The molecule has 2 heterocycles. The smallest absolute Gasteiger partial charge is 0.251 e. The SMILES string of the molecule is O=C(Nc1ccc2c(c1)OC1(CCCC1)O2)C1(c2ccc(Br)cc2)CCOCC1. The van der Waals surface area contributed by atoms with Gasteiger partial charge in [0.05, 0.1) is 5.41 Å². The van der Waals surface area contributed by atoms with Crippen molar-refractivity contribution in [2.45, 2.75) is 49.7 Å². The predicted molar refractivity (Wildman–Crippen MR) is 113 cm³/mol. The second kappa shape index (κ2) is 7.33. The molecule has 5 rings (SSSR count). The number of anilines is 1. The number of hydrogen-bond donors (Lipinski definition) is 1. The van der Waals surface area contributed by atoms with Gasteiger partial charge in [0, 0.05) is 42.3 Å². The van der Waals surface area contributed by atoms with E-state index in [4.69, 9.17) is 14.2 Å². The van der Waals surface area contributed by atoms with Gasteiger partial charge in [-0.05, 0) is 55.5 Å². The van der Waals surface area contributed by atoms with Crippen LogP contribution in [-0.2, 0) is 14.9 Å². The molecule has 0 radical (unpaired) electrons. The molecule has 0 unspecified atom stereocenters. The Kier molecular flexibility index (Phi) is 4.79. The van der Waals surface area contributed by atoms with Gasteiger partial charge in [-0.3, -0.25) is 4.79 Å². The molecule has 1 aliphatic carbocycles. The predicted octanol–water partition coefficient (Wildman–Crippen LogP) is 5.18. The fraction of sp³-hybridized carbons (Fsp3) is 0.435. The lowest BCUT2D eigenvalue weighted by Crippen LogP contribution is -2.44. The number of carbonyl (C=O) groups is 1. The van der Waals surface area contributed by atoms with Crippen LogP contribution >= 0.6 is 15.9 Å². The van der Waals surface area contributed by atoms with E-state index in [1.54, 1.807) is 0 Å². The first kappa shape index (κ1) is 18.9. The van der Waals surface area contributed by atoms with Crippen LogP contribution in [0.2, 0.25) is 0 Å². The summed E-state index contributed by atoms with van der Waals surface area (Å²) >= 11 is 3.48. The number of hydrogen-bond acceptors (Lipinski definition) is 4. The van der Waals surface area contributed by atoms with E-state index in [-0.39, 0.29) is 5.91 Å². The highest BCUT2D eigenvalue weighted by Gasteiger charge is 2.45. The summed E-state index contributed by atoms with van der Waals surface area (Å²) in [6.07, 6.45) is 5.39. The van der Waals surface area contributed by atoms with Crippen molar-refractivity contribution < 1.29 is 19.0 Å². The molecule has 1 saturated heterocycles. The van der Waals surface area contributed by atoms with Crippen LogP contribution in [0.1, 0.15) is 44.1 Å². The van der Waals surface area contributed by atoms with Gasteiger partial charge in [-0.25, -0.2) is 0 Å². The minimum atomic E-state index is -0.595. The Morgan fingerprint density at radius 3 is 2.31 bits per heavy atom. The minimum absolute atomic E-state index is 0.00225. The fourth-order valence-corrected chi connectivity index (χ4v) is 4.94. The molecule has 6 heteroatoms. The summed E-state index contributed by atoms with van der Waals surface area (Å²) in [4.78, 5) is 13.5. The Balaban J connectivity index is 1.39. The summed E-state index contributed by atoms with van der Waals surface area (Å²) in [5, 5.41) is 3.13. The zero-order valence-electron chi connectivity index (χ0n) is 16.2. The number of rotatable bonds is 3. The molecular formula is C23H24BrNO4. The standard InChI is InChI=1S/C23H24BrNO4/c24-17-5-3-16(4-6-17)22(11-13-27-14-12-22)21(26)25-18-7-8-19-20(15-18)29-23(28-19)9-1-2-10-23/h3-8,15H,1-2,9-14H2,(H,25,26). The second-order valence-corrected chi connectivity index (χ2v) is 9.05. The molecule has 0 atom stereocenters. The highest BCUT2D eigenvalue weighted by atomic mass is 79.9. The van der Waals surface area contributed by atoms with Crippen LogP contribution in [0.15, 0.2) is 46.9 Å². The van der Waals surface area contributed by atoms with Crippen molar-refractivity contribution in [2.75, 3.05) is 18.5 Å². The molecule has 152 valence electrons. The van der Waals surface area contributed by atoms with E-state index in [0.29, 0.717) is 26.1 Å². The number of ether oxygens (including phenoxy) is 3. The molecule has 29 heavy (non-hydrogen) atoms. The highest BCUT2D eigenvalue weighted by Crippen LogP contribution is 2.47. The molecule has 2 aliphatic heterocycles. The quantitative estimate of drug-likeness (QED) is 0.689. The van der Waals surface area contributed by atoms with Crippen molar-refractivity contribution in [2.24, 2.45) is 0 Å². The van der Waals surface area contributed by atoms with Gasteiger partial charge >= 0.3 is 0 Å². The first-order valence-electron chi connectivity index (χ1n) is 10.3. The topological polar surface area (TPSA) is 56.8 Å². The first-order valence-corrected chi connectivity index (χ1v) is 11.1. The summed E-state index contributed by atoms with van der Waals surface area (Å²) in [6, 6.07) is 13.7. The average molecular weight is 458 g/mol. The lowest BCUT2D eigenvalue weighted by Gasteiger charge is -2.36. The first-order chi connectivity index (χ1) is 14.1. The van der Waals surface area contributed by atoms with Gasteiger partial charge in [0.25, 0.3) is 5.79 Å². The molecule has 1 saturated carbocycles. The summed E-state index contributed by atoms with van der Waals surface area (Å²) < 4.78 is 18.8. The number of halogens is 1. The maximum Gasteiger partial charge on any atom is 0.251 e. The molecule has 0 bridgehead atoms. The van der Waals surface area contributed by atoms with Crippen LogP contribution in [0, 0.1) is 0 Å². The van der Waals surface area contributed by atoms with E-state index in [1.165, 1.54) is 0 Å². The van der Waals surface area contributed by atoms with Crippen LogP contribution in [0.4, 0.5) is 5.69 Å². The molecule has 2 aromatic carbocycles. The van der Waals surface area contributed by atoms with E-state index in [9.17, 15) is 4.79 Å². The lowest BCUT2D eigenvalue weighted by atomic mass is 9.73. The zero-order valence-corrected chi connectivity index (χ0v) is 17.8. The van der Waals surface area contributed by atoms with E-state index in [2.05, 4.69) is 21.2 Å². The summed E-state index contributed by atoms with van der Waals surface area (Å²) in [5.41, 5.74) is 1.16. The maximum atomic E-state index is 13.5. The van der Waals surface area contributed by atoms with Gasteiger partial charge in [-0.1, -0.05) is 28.1 Å². The van der Waals surface area contributed by atoms with Crippen molar-refractivity contribution in [3.8, 4) is 11.5 Å². The van der Waals surface area contributed by atoms with Gasteiger partial charge in [-0.15, -0.1) is 0 Å². The molecular weight excluding hydrogens is 434 g/mol. The third kappa shape index (κ3) is 3.42. The molecule has 2 aromatic rings. The van der Waals surface area contributed by atoms with Gasteiger partial charge in [0.1, 0.15) is 0 Å².